The Balaban J connectivity index is 2.56. The van der Waals surface area contributed by atoms with E-state index in [4.69, 9.17) is 0 Å². The third-order valence-electron chi connectivity index (χ3n) is 3.90. The number of hydrogen-bond acceptors (Lipinski definition) is 1. The second kappa shape index (κ2) is 5.19. The first kappa shape index (κ1) is 15.0. The monoisotopic (exact) mass is 272 g/mol. The summed E-state index contributed by atoms with van der Waals surface area (Å²) in [5.41, 5.74) is 0.706. The lowest BCUT2D eigenvalue weighted by Crippen LogP contribution is -2.60. The number of hydroxylamine groups is 2. The molecule has 2 aromatic rings. The van der Waals surface area contributed by atoms with Gasteiger partial charge in [-0.05, 0) is 37.6 Å². The van der Waals surface area contributed by atoms with Gasteiger partial charge in [0, 0.05) is 18.1 Å². The van der Waals surface area contributed by atoms with Crippen LogP contribution in [0, 0.1) is 5.92 Å². The summed E-state index contributed by atoms with van der Waals surface area (Å²) < 4.78 is -0.0322. The van der Waals surface area contributed by atoms with Crippen molar-refractivity contribution in [1.82, 2.24) is 4.65 Å². The Labute approximate surface area is 122 Å². The molecule has 0 aliphatic carbocycles. The lowest BCUT2D eigenvalue weighted by atomic mass is 9.99. The molecular weight excluding hydrogens is 246 g/mol. The van der Waals surface area contributed by atoms with E-state index in [1.54, 1.807) is 0 Å². The molecular formula is C18H26NO+. The molecule has 0 saturated carbocycles. The molecule has 0 aromatic heterocycles. The summed E-state index contributed by atoms with van der Waals surface area (Å²) in [6.07, 6.45) is 0. The van der Waals surface area contributed by atoms with Gasteiger partial charge in [0.15, 0.2) is 5.69 Å². The van der Waals surface area contributed by atoms with Gasteiger partial charge in [-0.1, -0.05) is 38.1 Å². The van der Waals surface area contributed by atoms with Gasteiger partial charge in [-0.2, -0.15) is 0 Å². The number of benzene rings is 2. The first-order valence-electron chi connectivity index (χ1n) is 7.34. The zero-order chi connectivity index (χ0) is 15.0. The molecule has 1 N–H and O–H groups in total. The molecule has 0 aliphatic rings. The third-order valence-corrected chi connectivity index (χ3v) is 3.90. The van der Waals surface area contributed by atoms with E-state index in [1.165, 1.54) is 10.8 Å². The summed E-state index contributed by atoms with van der Waals surface area (Å²) in [7, 11) is 0. The van der Waals surface area contributed by atoms with Gasteiger partial charge in [-0.15, -0.1) is 4.65 Å². The van der Waals surface area contributed by atoms with Crippen LogP contribution >= 0.6 is 0 Å². The van der Waals surface area contributed by atoms with E-state index >= 15 is 0 Å². The Morgan fingerprint density at radius 2 is 1.60 bits per heavy atom. The minimum atomic E-state index is -0.257. The molecule has 0 bridgehead atoms. The summed E-state index contributed by atoms with van der Waals surface area (Å²) in [5.74, 6) is 0.422. The van der Waals surface area contributed by atoms with Crippen molar-refractivity contribution in [3.63, 3.8) is 0 Å². The Bertz CT molecular complexity index is 598. The first-order chi connectivity index (χ1) is 9.24. The van der Waals surface area contributed by atoms with Crippen LogP contribution in [0.2, 0.25) is 0 Å². The molecule has 2 nitrogen and oxygen atoms in total. The van der Waals surface area contributed by atoms with Crippen LogP contribution in [0.5, 0.6) is 0 Å². The second-order valence-electron chi connectivity index (χ2n) is 7.05. The maximum Gasteiger partial charge on any atom is 0.166 e. The molecule has 1 atom stereocenters. The summed E-state index contributed by atoms with van der Waals surface area (Å²) in [6.45, 7) is 11.3. The van der Waals surface area contributed by atoms with E-state index in [9.17, 15) is 5.21 Å². The topological polar surface area (TPSA) is 20.2 Å². The van der Waals surface area contributed by atoms with Crippen LogP contribution < -0.4 is 4.65 Å². The van der Waals surface area contributed by atoms with Gasteiger partial charge < -0.3 is 0 Å². The average Bonchev–Trinajstić information content (AvgIpc) is 2.36. The molecule has 2 aromatic carbocycles. The Kier molecular flexibility index (Phi) is 3.90. The molecule has 1 unspecified atom stereocenters. The molecule has 2 rings (SSSR count). The van der Waals surface area contributed by atoms with Crippen molar-refractivity contribution in [3.8, 4) is 0 Å². The molecule has 0 fully saturated rings. The summed E-state index contributed by atoms with van der Waals surface area (Å²) in [5, 5.41) is 13.7. The zero-order valence-corrected chi connectivity index (χ0v) is 13.2. The van der Waals surface area contributed by atoms with Gasteiger partial charge in [0.05, 0.1) is 0 Å². The quantitative estimate of drug-likeness (QED) is 0.616. The second-order valence-corrected chi connectivity index (χ2v) is 7.05. The predicted molar refractivity (Wildman–Crippen MR) is 87.0 cm³/mol. The molecule has 0 heterocycles. The van der Waals surface area contributed by atoms with Gasteiger partial charge in [-0.25, -0.2) is 5.21 Å². The maximum atomic E-state index is 11.3. The van der Waals surface area contributed by atoms with Crippen molar-refractivity contribution in [2.24, 2.45) is 5.92 Å². The SMILES string of the molecule is CC(C)C[N+](O)(c1ccc2ccccc2c1)C(C)(C)C. The fourth-order valence-electron chi connectivity index (χ4n) is 2.70. The highest BCUT2D eigenvalue weighted by atomic mass is 16.6. The highest BCUT2D eigenvalue weighted by Crippen LogP contribution is 2.34. The van der Waals surface area contributed by atoms with Gasteiger partial charge in [0.1, 0.15) is 12.1 Å². The highest BCUT2D eigenvalue weighted by molar-refractivity contribution is 5.85. The van der Waals surface area contributed by atoms with Crippen molar-refractivity contribution < 1.29 is 5.21 Å². The van der Waals surface area contributed by atoms with E-state index in [2.05, 4.69) is 65.0 Å². The average molecular weight is 272 g/mol. The maximum absolute atomic E-state index is 11.3. The summed E-state index contributed by atoms with van der Waals surface area (Å²) in [6, 6.07) is 14.5. The molecule has 2 heteroatoms. The van der Waals surface area contributed by atoms with E-state index in [-0.39, 0.29) is 10.2 Å². The molecule has 20 heavy (non-hydrogen) atoms. The Morgan fingerprint density at radius 1 is 1.00 bits per heavy atom. The summed E-state index contributed by atoms with van der Waals surface area (Å²) >= 11 is 0. The molecule has 0 spiro atoms. The van der Waals surface area contributed by atoms with Gasteiger partial charge in [0.25, 0.3) is 0 Å². The van der Waals surface area contributed by atoms with Gasteiger partial charge in [-0.3, -0.25) is 0 Å². The minimum absolute atomic E-state index is 0.0322. The fraction of sp³-hybridized carbons (Fsp3) is 0.444. The van der Waals surface area contributed by atoms with Gasteiger partial charge in [0.2, 0.25) is 0 Å². The van der Waals surface area contributed by atoms with Gasteiger partial charge >= 0.3 is 0 Å². The van der Waals surface area contributed by atoms with Crippen LogP contribution in [-0.2, 0) is 0 Å². The van der Waals surface area contributed by atoms with Crippen molar-refractivity contribution in [2.45, 2.75) is 40.2 Å². The first-order valence-corrected chi connectivity index (χ1v) is 7.34. The number of quaternary nitrogens is 1. The van der Waals surface area contributed by atoms with E-state index in [0.717, 1.165) is 5.69 Å². The van der Waals surface area contributed by atoms with Crippen LogP contribution in [0.4, 0.5) is 5.69 Å². The predicted octanol–water partition coefficient (Wildman–Crippen LogP) is 4.99. The molecule has 0 saturated heterocycles. The fourth-order valence-corrected chi connectivity index (χ4v) is 2.70. The smallest absolute Gasteiger partial charge is 0.166 e. The number of hydrogen-bond donors (Lipinski definition) is 1. The number of rotatable bonds is 3. The van der Waals surface area contributed by atoms with E-state index in [1.807, 2.05) is 12.1 Å². The number of nitrogens with zero attached hydrogens (tertiary/aromatic N) is 1. The normalized spacial score (nSPS) is 15.6. The van der Waals surface area contributed by atoms with Crippen molar-refractivity contribution >= 4 is 16.5 Å². The van der Waals surface area contributed by atoms with Crippen LogP contribution in [0.25, 0.3) is 10.8 Å². The Morgan fingerprint density at radius 3 is 2.15 bits per heavy atom. The lowest BCUT2D eigenvalue weighted by Gasteiger charge is -2.42. The molecule has 108 valence electrons. The van der Waals surface area contributed by atoms with Crippen molar-refractivity contribution in [3.05, 3.63) is 42.5 Å². The zero-order valence-electron chi connectivity index (χ0n) is 13.2. The van der Waals surface area contributed by atoms with E-state index in [0.29, 0.717) is 12.5 Å². The lowest BCUT2D eigenvalue weighted by molar-refractivity contribution is -0.149. The van der Waals surface area contributed by atoms with Crippen LogP contribution in [0.1, 0.15) is 34.6 Å². The summed E-state index contributed by atoms with van der Waals surface area (Å²) in [4.78, 5) is 0. The Hall–Kier alpha value is -1.38. The minimum Gasteiger partial charge on any atom is -0.211 e. The highest BCUT2D eigenvalue weighted by Gasteiger charge is 2.42. The van der Waals surface area contributed by atoms with Crippen molar-refractivity contribution in [2.75, 3.05) is 6.54 Å². The number of fused-ring (bicyclic) bond motifs is 1. The molecule has 0 aliphatic heterocycles. The van der Waals surface area contributed by atoms with Crippen LogP contribution in [0.3, 0.4) is 0 Å². The van der Waals surface area contributed by atoms with Crippen LogP contribution in [-0.4, -0.2) is 17.3 Å². The van der Waals surface area contributed by atoms with Crippen molar-refractivity contribution in [1.29, 1.82) is 0 Å². The van der Waals surface area contributed by atoms with E-state index < -0.39 is 0 Å². The largest absolute Gasteiger partial charge is 0.211 e. The standard InChI is InChI=1S/C18H26NO/c1-14(2)13-19(20,18(3,4)5)17-11-10-15-8-6-7-9-16(15)12-17/h6-12,14,20H,13H2,1-5H3/q+1. The third kappa shape index (κ3) is 2.72. The molecule has 0 radical (unpaired) electrons. The van der Waals surface area contributed by atoms with Crippen LogP contribution in [0.15, 0.2) is 42.5 Å². The molecule has 0 amide bonds.